The number of aryl methyl sites for hydroxylation is 1. The Hall–Kier alpha value is -1.42. The van der Waals surface area contributed by atoms with Gasteiger partial charge in [0, 0.05) is 17.5 Å². The van der Waals surface area contributed by atoms with Crippen LogP contribution in [0.2, 0.25) is 5.02 Å². The maximum absolute atomic E-state index is 13.2. The summed E-state index contributed by atoms with van der Waals surface area (Å²) in [6.07, 6.45) is -0.780. The smallest absolute Gasteiger partial charge is 0.124 e. The van der Waals surface area contributed by atoms with Crippen LogP contribution in [0.4, 0.5) is 4.39 Å². The Labute approximate surface area is 129 Å². The van der Waals surface area contributed by atoms with Gasteiger partial charge in [-0.15, -0.1) is 0 Å². The summed E-state index contributed by atoms with van der Waals surface area (Å²) >= 11 is 6.10. The van der Waals surface area contributed by atoms with Crippen molar-refractivity contribution in [3.05, 3.63) is 69.5 Å². The molecule has 0 radical (unpaired) electrons. The summed E-state index contributed by atoms with van der Waals surface area (Å²) in [6, 6.07) is 9.94. The van der Waals surface area contributed by atoms with Crippen LogP contribution in [-0.4, -0.2) is 11.7 Å². The van der Waals surface area contributed by atoms with E-state index < -0.39 is 11.9 Å². The van der Waals surface area contributed by atoms with Gasteiger partial charge in [0.1, 0.15) is 5.82 Å². The predicted molar refractivity (Wildman–Crippen MR) is 84.1 cm³/mol. The molecule has 4 heteroatoms. The summed E-state index contributed by atoms with van der Waals surface area (Å²) in [5.41, 5.74) is 9.45. The molecule has 0 bridgehead atoms. The van der Waals surface area contributed by atoms with Crippen molar-refractivity contribution < 1.29 is 9.50 Å². The highest BCUT2D eigenvalue weighted by molar-refractivity contribution is 6.31. The van der Waals surface area contributed by atoms with Crippen molar-refractivity contribution >= 4 is 11.6 Å². The van der Waals surface area contributed by atoms with Crippen LogP contribution in [0.1, 0.15) is 34.3 Å². The van der Waals surface area contributed by atoms with Crippen molar-refractivity contribution in [2.45, 2.75) is 25.9 Å². The minimum absolute atomic E-state index is 0.222. The van der Waals surface area contributed by atoms with E-state index >= 15 is 0 Å². The molecule has 0 spiro atoms. The lowest BCUT2D eigenvalue weighted by molar-refractivity contribution is 0.146. The molecule has 0 saturated heterocycles. The molecule has 2 aromatic rings. The first-order valence-electron chi connectivity index (χ1n) is 6.85. The lowest BCUT2D eigenvalue weighted by Crippen LogP contribution is -2.21. The molecule has 2 rings (SSSR count). The molecule has 0 saturated carbocycles. The molecule has 0 aliphatic heterocycles. The fourth-order valence-corrected chi connectivity index (χ4v) is 2.85. The Balaban J connectivity index is 2.43. The van der Waals surface area contributed by atoms with Gasteiger partial charge in [0.25, 0.3) is 0 Å². The highest BCUT2D eigenvalue weighted by Gasteiger charge is 2.25. The summed E-state index contributed by atoms with van der Waals surface area (Å²) in [6.45, 7) is 4.18. The molecule has 0 aliphatic carbocycles. The van der Waals surface area contributed by atoms with E-state index in [-0.39, 0.29) is 17.5 Å². The van der Waals surface area contributed by atoms with Gasteiger partial charge in [-0.2, -0.15) is 0 Å². The van der Waals surface area contributed by atoms with E-state index in [1.165, 1.54) is 12.1 Å². The van der Waals surface area contributed by atoms with Crippen molar-refractivity contribution in [1.82, 2.24) is 0 Å². The summed E-state index contributed by atoms with van der Waals surface area (Å²) in [4.78, 5) is 0. The number of halogens is 2. The minimum Gasteiger partial charge on any atom is -0.388 e. The van der Waals surface area contributed by atoms with Gasteiger partial charge in [-0.05, 0) is 48.2 Å². The molecule has 3 N–H and O–H groups in total. The average molecular weight is 308 g/mol. The zero-order chi connectivity index (χ0) is 15.6. The van der Waals surface area contributed by atoms with Gasteiger partial charge in [-0.1, -0.05) is 35.9 Å². The molecule has 0 aliphatic rings. The van der Waals surface area contributed by atoms with Crippen molar-refractivity contribution in [3.63, 3.8) is 0 Å². The quantitative estimate of drug-likeness (QED) is 0.900. The lowest BCUT2D eigenvalue weighted by Gasteiger charge is -2.25. The first-order chi connectivity index (χ1) is 9.95. The van der Waals surface area contributed by atoms with Gasteiger partial charge in [0.05, 0.1) is 6.10 Å². The summed E-state index contributed by atoms with van der Waals surface area (Å²) in [7, 11) is 0. The molecule has 2 atom stereocenters. The number of nitrogens with two attached hydrogens (primary N) is 1. The predicted octanol–water partition coefficient (Wildman–Crippen LogP) is 3.87. The van der Waals surface area contributed by atoms with Gasteiger partial charge in [-0.25, -0.2) is 4.39 Å². The molecule has 2 aromatic carbocycles. The van der Waals surface area contributed by atoms with E-state index in [0.717, 1.165) is 16.7 Å². The van der Waals surface area contributed by atoms with Crippen molar-refractivity contribution in [1.29, 1.82) is 0 Å². The highest BCUT2D eigenvalue weighted by atomic mass is 35.5. The topological polar surface area (TPSA) is 46.2 Å². The van der Waals surface area contributed by atoms with Crippen LogP contribution in [0, 0.1) is 19.7 Å². The van der Waals surface area contributed by atoms with Crippen LogP contribution in [0.15, 0.2) is 36.4 Å². The van der Waals surface area contributed by atoms with Crippen LogP contribution >= 0.6 is 11.6 Å². The van der Waals surface area contributed by atoms with E-state index in [0.29, 0.717) is 5.56 Å². The maximum atomic E-state index is 13.2. The molecular weight excluding hydrogens is 289 g/mol. The van der Waals surface area contributed by atoms with Crippen LogP contribution in [0.3, 0.4) is 0 Å². The molecule has 2 nitrogen and oxygen atoms in total. The number of hydrogen-bond acceptors (Lipinski definition) is 2. The normalized spacial score (nSPS) is 14.0. The monoisotopic (exact) mass is 307 g/mol. The summed E-state index contributed by atoms with van der Waals surface area (Å²) in [5.74, 6) is -0.778. The van der Waals surface area contributed by atoms with Crippen molar-refractivity contribution in [3.8, 4) is 0 Å². The fourth-order valence-electron chi connectivity index (χ4n) is 2.54. The number of aliphatic hydroxyl groups is 1. The summed E-state index contributed by atoms with van der Waals surface area (Å²) in [5, 5.41) is 11.0. The zero-order valence-corrected chi connectivity index (χ0v) is 12.9. The number of hydrogen-bond donors (Lipinski definition) is 2. The van der Waals surface area contributed by atoms with E-state index in [2.05, 4.69) is 0 Å². The second-order valence-electron chi connectivity index (χ2n) is 5.24. The van der Waals surface area contributed by atoms with E-state index in [4.69, 9.17) is 17.3 Å². The van der Waals surface area contributed by atoms with Crippen molar-refractivity contribution in [2.75, 3.05) is 6.54 Å². The molecule has 21 heavy (non-hydrogen) atoms. The first-order valence-corrected chi connectivity index (χ1v) is 7.22. The Morgan fingerprint density at radius 2 is 1.90 bits per heavy atom. The maximum Gasteiger partial charge on any atom is 0.124 e. The van der Waals surface area contributed by atoms with Crippen LogP contribution in [0.25, 0.3) is 0 Å². The van der Waals surface area contributed by atoms with Gasteiger partial charge in [-0.3, -0.25) is 0 Å². The SMILES string of the molecule is Cc1cccc(C(O)C(CN)c2ccc(F)cc2Cl)c1C. The molecule has 112 valence electrons. The van der Waals surface area contributed by atoms with Crippen LogP contribution in [0.5, 0.6) is 0 Å². The third kappa shape index (κ3) is 3.26. The van der Waals surface area contributed by atoms with Gasteiger partial charge in [0.2, 0.25) is 0 Å². The van der Waals surface area contributed by atoms with Crippen molar-refractivity contribution in [2.24, 2.45) is 5.73 Å². The van der Waals surface area contributed by atoms with Gasteiger partial charge >= 0.3 is 0 Å². The molecule has 0 fully saturated rings. The fraction of sp³-hybridized carbons (Fsp3) is 0.294. The third-order valence-electron chi connectivity index (χ3n) is 3.96. The van der Waals surface area contributed by atoms with Gasteiger partial charge < -0.3 is 10.8 Å². The zero-order valence-electron chi connectivity index (χ0n) is 12.1. The Kier molecular flexibility index (Phi) is 4.99. The Bertz CT molecular complexity index is 645. The van der Waals surface area contributed by atoms with Crippen LogP contribution < -0.4 is 5.73 Å². The Morgan fingerprint density at radius 3 is 2.52 bits per heavy atom. The molecule has 0 aromatic heterocycles. The highest BCUT2D eigenvalue weighted by Crippen LogP contribution is 2.36. The van der Waals surface area contributed by atoms with E-state index in [1.54, 1.807) is 6.07 Å². The lowest BCUT2D eigenvalue weighted by atomic mass is 9.86. The number of aliphatic hydroxyl groups excluding tert-OH is 1. The summed E-state index contributed by atoms with van der Waals surface area (Å²) < 4.78 is 13.2. The third-order valence-corrected chi connectivity index (χ3v) is 4.29. The average Bonchev–Trinajstić information content (AvgIpc) is 2.44. The number of rotatable bonds is 4. The minimum atomic E-state index is -0.780. The molecule has 2 unspecified atom stereocenters. The van der Waals surface area contributed by atoms with E-state index in [1.807, 2.05) is 32.0 Å². The second-order valence-corrected chi connectivity index (χ2v) is 5.65. The Morgan fingerprint density at radius 1 is 1.19 bits per heavy atom. The standard InChI is InChI=1S/C17H19ClFNO/c1-10-4-3-5-13(11(10)2)17(21)15(9-20)14-7-6-12(19)8-16(14)18/h3-8,15,17,21H,9,20H2,1-2H3. The largest absolute Gasteiger partial charge is 0.388 e. The number of benzene rings is 2. The van der Waals surface area contributed by atoms with E-state index in [9.17, 15) is 9.50 Å². The van der Waals surface area contributed by atoms with Crippen LogP contribution in [-0.2, 0) is 0 Å². The molecule has 0 heterocycles. The second kappa shape index (κ2) is 6.56. The first kappa shape index (κ1) is 16.0. The molecule has 0 amide bonds. The van der Waals surface area contributed by atoms with Gasteiger partial charge in [0.15, 0.2) is 0 Å². The molecular formula is C17H19ClFNO.